The Balaban J connectivity index is 1.81. The number of hydrogen-bond donors (Lipinski definition) is 1. The molecule has 0 unspecified atom stereocenters. The second kappa shape index (κ2) is 8.95. The van der Waals surface area contributed by atoms with E-state index < -0.39 is 11.7 Å². The van der Waals surface area contributed by atoms with Crippen LogP contribution in [0, 0.1) is 17.6 Å². The van der Waals surface area contributed by atoms with Crippen molar-refractivity contribution in [1.29, 1.82) is 0 Å². The van der Waals surface area contributed by atoms with E-state index in [2.05, 4.69) is 5.32 Å². The summed E-state index contributed by atoms with van der Waals surface area (Å²) in [7, 11) is 0. The van der Waals surface area contributed by atoms with Gasteiger partial charge >= 0.3 is 0 Å². The predicted octanol–water partition coefficient (Wildman–Crippen LogP) is 3.74. The zero-order valence-corrected chi connectivity index (χ0v) is 15.8. The number of nitrogens with one attached hydrogen (secondary N) is 1. The van der Waals surface area contributed by atoms with Gasteiger partial charge in [-0.25, -0.2) is 8.78 Å². The topological polar surface area (TPSA) is 49.4 Å². The molecule has 3 rings (SSSR count). The van der Waals surface area contributed by atoms with Crippen molar-refractivity contribution in [2.45, 2.75) is 25.7 Å². The molecule has 6 heteroatoms. The van der Waals surface area contributed by atoms with Crippen molar-refractivity contribution in [1.82, 2.24) is 10.2 Å². The van der Waals surface area contributed by atoms with Crippen LogP contribution in [0.15, 0.2) is 48.5 Å². The molecule has 1 saturated heterocycles. The molecule has 28 heavy (non-hydrogen) atoms. The van der Waals surface area contributed by atoms with Crippen molar-refractivity contribution in [3.05, 3.63) is 71.3 Å². The fourth-order valence-electron chi connectivity index (χ4n) is 3.58. The third-order valence-corrected chi connectivity index (χ3v) is 5.16. The van der Waals surface area contributed by atoms with Gasteiger partial charge in [0.05, 0.1) is 5.92 Å². The second-order valence-corrected chi connectivity index (χ2v) is 7.13. The van der Waals surface area contributed by atoms with Gasteiger partial charge in [-0.3, -0.25) is 9.59 Å². The fourth-order valence-corrected chi connectivity index (χ4v) is 3.58. The molecule has 2 aromatic carbocycles. The van der Waals surface area contributed by atoms with E-state index in [1.165, 1.54) is 36.4 Å². The number of likely N-dealkylation sites (tertiary alicyclic amines) is 1. The molecule has 0 aromatic heterocycles. The van der Waals surface area contributed by atoms with Gasteiger partial charge < -0.3 is 10.2 Å². The summed E-state index contributed by atoms with van der Waals surface area (Å²) in [5.74, 6) is -1.72. The van der Waals surface area contributed by atoms with Crippen LogP contribution in [0.1, 0.15) is 41.6 Å². The number of unbranched alkanes of at least 4 members (excludes halogenated alkanes) is 1. The van der Waals surface area contributed by atoms with Gasteiger partial charge in [0.25, 0.3) is 5.91 Å². The van der Waals surface area contributed by atoms with Crippen molar-refractivity contribution in [2.75, 3.05) is 19.6 Å². The number of carbonyl (C=O) groups excluding carboxylic acids is 2. The predicted molar refractivity (Wildman–Crippen MR) is 103 cm³/mol. The van der Waals surface area contributed by atoms with Crippen LogP contribution in [0.3, 0.4) is 0 Å². The zero-order chi connectivity index (χ0) is 20.1. The number of hydrogen-bond acceptors (Lipinski definition) is 2. The molecule has 1 aliphatic heterocycles. The molecule has 148 valence electrons. The maximum atomic E-state index is 13.3. The standard InChI is InChI=1S/C22H24F2N2O2/c1-2-3-12-25-21(27)20-14-26(22(28)16-6-10-18(24)11-7-16)13-19(20)15-4-8-17(23)9-5-15/h4-11,19-20H,2-3,12-14H2,1H3,(H,25,27)/t19-,20+/m1/s1. The minimum Gasteiger partial charge on any atom is -0.356 e. The Labute approximate surface area is 163 Å². The van der Waals surface area contributed by atoms with Crippen LogP contribution < -0.4 is 5.32 Å². The highest BCUT2D eigenvalue weighted by atomic mass is 19.1. The third-order valence-electron chi connectivity index (χ3n) is 5.16. The van der Waals surface area contributed by atoms with E-state index in [1.54, 1.807) is 17.0 Å². The molecule has 2 atom stereocenters. The summed E-state index contributed by atoms with van der Waals surface area (Å²) in [6.45, 7) is 3.27. The molecule has 0 aliphatic carbocycles. The van der Waals surface area contributed by atoms with E-state index in [4.69, 9.17) is 0 Å². The van der Waals surface area contributed by atoms with Gasteiger partial charge in [0, 0.05) is 31.1 Å². The van der Waals surface area contributed by atoms with E-state index in [9.17, 15) is 18.4 Å². The van der Waals surface area contributed by atoms with Crippen molar-refractivity contribution in [3.63, 3.8) is 0 Å². The molecule has 4 nitrogen and oxygen atoms in total. The first kappa shape index (κ1) is 20.0. The number of carbonyl (C=O) groups is 2. The van der Waals surface area contributed by atoms with Gasteiger partial charge in [-0.15, -0.1) is 0 Å². The summed E-state index contributed by atoms with van der Waals surface area (Å²) in [6.07, 6.45) is 1.86. The monoisotopic (exact) mass is 386 g/mol. The summed E-state index contributed by atoms with van der Waals surface area (Å²) in [5, 5.41) is 2.94. The lowest BCUT2D eigenvalue weighted by atomic mass is 9.88. The largest absolute Gasteiger partial charge is 0.356 e. The first-order chi connectivity index (χ1) is 13.5. The first-order valence-electron chi connectivity index (χ1n) is 9.57. The summed E-state index contributed by atoms with van der Waals surface area (Å²) < 4.78 is 26.5. The Morgan fingerprint density at radius 3 is 2.21 bits per heavy atom. The summed E-state index contributed by atoms with van der Waals surface area (Å²) in [5.41, 5.74) is 1.21. The van der Waals surface area contributed by atoms with E-state index in [0.717, 1.165) is 18.4 Å². The van der Waals surface area contributed by atoms with E-state index in [0.29, 0.717) is 18.7 Å². The Hall–Kier alpha value is -2.76. The Morgan fingerprint density at radius 2 is 1.61 bits per heavy atom. The maximum Gasteiger partial charge on any atom is 0.253 e. The minimum absolute atomic E-state index is 0.0998. The fraction of sp³-hybridized carbons (Fsp3) is 0.364. The van der Waals surface area contributed by atoms with E-state index in [-0.39, 0.29) is 30.1 Å². The molecule has 2 amide bonds. The van der Waals surface area contributed by atoms with Crippen molar-refractivity contribution < 1.29 is 18.4 Å². The molecular formula is C22H24F2N2O2. The lowest BCUT2D eigenvalue weighted by molar-refractivity contribution is -0.124. The highest BCUT2D eigenvalue weighted by Crippen LogP contribution is 2.34. The molecule has 0 saturated carbocycles. The average Bonchev–Trinajstić information content (AvgIpc) is 3.14. The van der Waals surface area contributed by atoms with Crippen LogP contribution in [-0.4, -0.2) is 36.3 Å². The number of benzene rings is 2. The van der Waals surface area contributed by atoms with Crippen molar-refractivity contribution >= 4 is 11.8 Å². The van der Waals surface area contributed by atoms with E-state index >= 15 is 0 Å². The third kappa shape index (κ3) is 4.55. The molecule has 0 bridgehead atoms. The molecular weight excluding hydrogens is 362 g/mol. The van der Waals surface area contributed by atoms with Gasteiger partial charge in [0.1, 0.15) is 11.6 Å². The second-order valence-electron chi connectivity index (χ2n) is 7.13. The maximum absolute atomic E-state index is 13.3. The molecule has 1 heterocycles. The quantitative estimate of drug-likeness (QED) is 0.769. The van der Waals surface area contributed by atoms with Crippen LogP contribution >= 0.6 is 0 Å². The molecule has 1 fully saturated rings. The van der Waals surface area contributed by atoms with Crippen LogP contribution in [0.2, 0.25) is 0 Å². The summed E-state index contributed by atoms with van der Waals surface area (Å²) in [4.78, 5) is 27.2. The van der Waals surface area contributed by atoms with Crippen molar-refractivity contribution in [2.24, 2.45) is 5.92 Å². The van der Waals surface area contributed by atoms with Gasteiger partial charge in [0.2, 0.25) is 5.91 Å². The van der Waals surface area contributed by atoms with Gasteiger partial charge in [0.15, 0.2) is 0 Å². The average molecular weight is 386 g/mol. The zero-order valence-electron chi connectivity index (χ0n) is 15.8. The summed E-state index contributed by atoms with van der Waals surface area (Å²) >= 11 is 0. The number of nitrogens with zero attached hydrogens (tertiary/aromatic N) is 1. The van der Waals surface area contributed by atoms with Gasteiger partial charge in [-0.1, -0.05) is 25.5 Å². The number of halogens is 2. The normalized spacial score (nSPS) is 18.9. The van der Waals surface area contributed by atoms with Gasteiger partial charge in [-0.2, -0.15) is 0 Å². The molecule has 0 radical (unpaired) electrons. The highest BCUT2D eigenvalue weighted by Gasteiger charge is 2.40. The smallest absolute Gasteiger partial charge is 0.253 e. The molecule has 1 aliphatic rings. The number of rotatable bonds is 6. The summed E-state index contributed by atoms with van der Waals surface area (Å²) in [6, 6.07) is 11.4. The van der Waals surface area contributed by atoms with Crippen molar-refractivity contribution in [3.8, 4) is 0 Å². The SMILES string of the molecule is CCCCNC(=O)[C@H]1CN(C(=O)c2ccc(F)cc2)C[C@@H]1c1ccc(F)cc1. The number of amides is 2. The van der Waals surface area contributed by atoms with Crippen LogP contribution in [0.25, 0.3) is 0 Å². The Kier molecular flexibility index (Phi) is 6.39. The molecule has 0 spiro atoms. The lowest BCUT2D eigenvalue weighted by Gasteiger charge is -2.18. The van der Waals surface area contributed by atoms with Gasteiger partial charge in [-0.05, 0) is 48.4 Å². The van der Waals surface area contributed by atoms with Crippen LogP contribution in [-0.2, 0) is 4.79 Å². The Morgan fingerprint density at radius 1 is 1.00 bits per heavy atom. The van der Waals surface area contributed by atoms with Crippen LogP contribution in [0.4, 0.5) is 8.78 Å². The van der Waals surface area contributed by atoms with E-state index in [1.807, 2.05) is 6.92 Å². The lowest BCUT2D eigenvalue weighted by Crippen LogP contribution is -2.36. The minimum atomic E-state index is -0.410. The van der Waals surface area contributed by atoms with Crippen LogP contribution in [0.5, 0.6) is 0 Å². The Bertz CT molecular complexity index is 821. The molecule has 1 N–H and O–H groups in total. The molecule has 2 aromatic rings. The highest BCUT2D eigenvalue weighted by molar-refractivity contribution is 5.95. The first-order valence-corrected chi connectivity index (χ1v) is 9.57.